The second-order valence-corrected chi connectivity index (χ2v) is 7.83. The number of carbonyl (C=O) groups excluding carboxylic acids is 2. The number of amides is 2. The van der Waals surface area contributed by atoms with Crippen LogP contribution in [0.3, 0.4) is 0 Å². The van der Waals surface area contributed by atoms with Gasteiger partial charge < -0.3 is 20.9 Å². The van der Waals surface area contributed by atoms with Crippen LogP contribution in [0.4, 0.5) is 5.82 Å². The summed E-state index contributed by atoms with van der Waals surface area (Å²) in [4.78, 5) is 51.4. The number of nitrogens with one attached hydrogen (secondary N) is 4. The van der Waals surface area contributed by atoms with Crippen molar-refractivity contribution in [2.45, 2.75) is 26.3 Å². The number of aromatic amines is 1. The lowest BCUT2D eigenvalue weighted by atomic mass is 10.2. The highest BCUT2D eigenvalue weighted by atomic mass is 16.2. The third kappa shape index (κ3) is 6.20. The molecule has 2 amide bonds. The molecule has 0 atom stereocenters. The van der Waals surface area contributed by atoms with Gasteiger partial charge >= 0.3 is 0 Å². The molecule has 0 aliphatic carbocycles. The quantitative estimate of drug-likeness (QED) is 0.280. The molecule has 10 heteroatoms. The lowest BCUT2D eigenvalue weighted by molar-refractivity contribution is -0.121. The van der Waals surface area contributed by atoms with E-state index in [1.165, 1.54) is 6.07 Å². The third-order valence-corrected chi connectivity index (χ3v) is 5.12. The maximum absolute atomic E-state index is 12.2. The normalized spacial score (nSPS) is 11.0. The highest BCUT2D eigenvalue weighted by Gasteiger charge is 2.07. The van der Waals surface area contributed by atoms with Crippen molar-refractivity contribution >= 4 is 39.7 Å². The molecule has 34 heavy (non-hydrogen) atoms. The summed E-state index contributed by atoms with van der Waals surface area (Å²) >= 11 is 0. The van der Waals surface area contributed by atoms with E-state index in [9.17, 15) is 14.4 Å². The number of nitrogens with zero attached hydrogens (tertiary/aromatic N) is 3. The van der Waals surface area contributed by atoms with Crippen LogP contribution in [0, 0.1) is 6.92 Å². The van der Waals surface area contributed by atoms with Crippen LogP contribution in [-0.4, -0.2) is 44.8 Å². The Kier molecular flexibility index (Phi) is 7.19. The smallest absolute Gasteiger partial charge is 0.249 e. The average Bonchev–Trinajstić information content (AvgIpc) is 2.82. The number of pyridine rings is 4. The summed E-state index contributed by atoms with van der Waals surface area (Å²) in [5.41, 5.74) is 2.38. The van der Waals surface area contributed by atoms with Crippen LogP contribution in [-0.2, 0) is 16.1 Å². The zero-order valence-electron chi connectivity index (χ0n) is 18.7. The van der Waals surface area contributed by atoms with Gasteiger partial charge in [0.05, 0.1) is 12.2 Å². The Hall–Kier alpha value is -4.18. The number of aryl methyl sites for hydroxylation is 1. The minimum atomic E-state index is -0.221. The maximum Gasteiger partial charge on any atom is 0.249 e. The van der Waals surface area contributed by atoms with Gasteiger partial charge in [-0.25, -0.2) is 15.0 Å². The minimum absolute atomic E-state index is 0.136. The zero-order chi connectivity index (χ0) is 23.9. The van der Waals surface area contributed by atoms with Crippen molar-refractivity contribution in [3.63, 3.8) is 0 Å². The van der Waals surface area contributed by atoms with E-state index in [4.69, 9.17) is 0 Å². The van der Waals surface area contributed by atoms with Gasteiger partial charge in [0.1, 0.15) is 11.5 Å². The average molecular weight is 460 g/mol. The van der Waals surface area contributed by atoms with Crippen LogP contribution < -0.4 is 21.5 Å². The number of H-pyrrole nitrogens is 1. The molecular weight excluding hydrogens is 434 g/mol. The van der Waals surface area contributed by atoms with E-state index in [1.807, 2.05) is 31.2 Å². The molecule has 0 radical (unpaired) electrons. The molecule has 0 bridgehead atoms. The Labute approximate surface area is 195 Å². The molecule has 4 N–H and O–H groups in total. The molecule has 0 unspecified atom stereocenters. The first-order chi connectivity index (χ1) is 16.5. The van der Waals surface area contributed by atoms with Gasteiger partial charge in [-0.2, -0.15) is 0 Å². The van der Waals surface area contributed by atoms with Gasteiger partial charge in [0.15, 0.2) is 5.65 Å². The van der Waals surface area contributed by atoms with Gasteiger partial charge in [0.2, 0.25) is 17.4 Å². The third-order valence-electron chi connectivity index (χ3n) is 5.12. The number of carbonyl (C=O) groups is 2. The van der Waals surface area contributed by atoms with Crippen molar-refractivity contribution in [2.75, 3.05) is 18.4 Å². The zero-order valence-corrected chi connectivity index (χ0v) is 18.7. The Balaban J connectivity index is 1.14. The first-order valence-electron chi connectivity index (χ1n) is 11.0. The lowest BCUT2D eigenvalue weighted by Gasteiger charge is -2.08. The Morgan fingerprint density at radius 1 is 0.853 bits per heavy atom. The number of hydrogen-bond donors (Lipinski definition) is 4. The fourth-order valence-electron chi connectivity index (χ4n) is 3.34. The monoisotopic (exact) mass is 459 g/mol. The van der Waals surface area contributed by atoms with Crippen molar-refractivity contribution in [1.82, 2.24) is 30.6 Å². The molecule has 0 spiro atoms. The van der Waals surface area contributed by atoms with Crippen LogP contribution in [0.1, 0.15) is 24.2 Å². The molecule has 4 aromatic rings. The molecule has 10 nitrogen and oxygen atoms in total. The van der Waals surface area contributed by atoms with Crippen molar-refractivity contribution in [1.29, 1.82) is 0 Å². The highest BCUT2D eigenvalue weighted by Crippen LogP contribution is 2.14. The van der Waals surface area contributed by atoms with E-state index in [-0.39, 0.29) is 36.8 Å². The molecule has 4 heterocycles. The lowest BCUT2D eigenvalue weighted by Crippen LogP contribution is -2.29. The van der Waals surface area contributed by atoms with E-state index < -0.39 is 0 Å². The van der Waals surface area contributed by atoms with Crippen molar-refractivity contribution in [3.8, 4) is 0 Å². The highest BCUT2D eigenvalue weighted by molar-refractivity contribution is 5.91. The van der Waals surface area contributed by atoms with Crippen LogP contribution >= 0.6 is 0 Å². The number of rotatable bonds is 9. The predicted molar refractivity (Wildman–Crippen MR) is 129 cm³/mol. The molecule has 0 aromatic carbocycles. The van der Waals surface area contributed by atoms with E-state index in [1.54, 1.807) is 18.2 Å². The van der Waals surface area contributed by atoms with Crippen LogP contribution in [0.15, 0.2) is 53.3 Å². The van der Waals surface area contributed by atoms with E-state index in [0.29, 0.717) is 35.9 Å². The second-order valence-electron chi connectivity index (χ2n) is 7.83. The molecule has 0 aliphatic rings. The molecule has 0 fully saturated rings. The minimum Gasteiger partial charge on any atom is -0.350 e. The summed E-state index contributed by atoms with van der Waals surface area (Å²) in [6.07, 6.45) is 0.519. The number of anilines is 1. The number of aromatic nitrogens is 4. The largest absolute Gasteiger partial charge is 0.350 e. The van der Waals surface area contributed by atoms with E-state index >= 15 is 0 Å². The van der Waals surface area contributed by atoms with E-state index in [2.05, 4.69) is 35.9 Å². The molecule has 174 valence electrons. The number of fused-ring (bicyclic) bond motifs is 2. The Bertz CT molecular complexity index is 1400. The van der Waals surface area contributed by atoms with Crippen molar-refractivity contribution < 1.29 is 9.59 Å². The van der Waals surface area contributed by atoms with Gasteiger partial charge in [0, 0.05) is 48.5 Å². The van der Waals surface area contributed by atoms with Gasteiger partial charge in [-0.05, 0) is 49.4 Å². The predicted octanol–water partition coefficient (Wildman–Crippen LogP) is 1.80. The summed E-state index contributed by atoms with van der Waals surface area (Å²) in [6, 6.07) is 14.3. The molecular formula is C24H25N7O3. The summed E-state index contributed by atoms with van der Waals surface area (Å²) in [5.74, 6) is 0.154. The SMILES string of the molecule is Cc1ccc2ccc(NC(=O)CCNCCC(=O)NCc3ccc4ccc(=O)[nH]c4n3)nc2n1. The molecule has 4 aromatic heterocycles. The Morgan fingerprint density at radius 3 is 2.44 bits per heavy atom. The fourth-order valence-corrected chi connectivity index (χ4v) is 3.34. The molecule has 0 saturated heterocycles. The first kappa shape index (κ1) is 23.0. The fraction of sp³-hybridized carbons (Fsp3) is 0.250. The van der Waals surface area contributed by atoms with E-state index in [0.717, 1.165) is 16.5 Å². The second kappa shape index (κ2) is 10.6. The Morgan fingerprint density at radius 2 is 1.59 bits per heavy atom. The van der Waals surface area contributed by atoms with Crippen LogP contribution in [0.25, 0.3) is 22.1 Å². The summed E-state index contributed by atoms with van der Waals surface area (Å²) in [5, 5.41) is 10.4. The van der Waals surface area contributed by atoms with Crippen LogP contribution in [0.2, 0.25) is 0 Å². The molecule has 4 rings (SSSR count). The van der Waals surface area contributed by atoms with Crippen molar-refractivity contribution in [2.24, 2.45) is 0 Å². The van der Waals surface area contributed by atoms with Gasteiger partial charge in [-0.15, -0.1) is 0 Å². The topological polar surface area (TPSA) is 142 Å². The van der Waals surface area contributed by atoms with Gasteiger partial charge in [0.25, 0.3) is 0 Å². The first-order valence-corrected chi connectivity index (χ1v) is 11.0. The molecule has 0 aliphatic heterocycles. The number of hydrogen-bond acceptors (Lipinski definition) is 7. The summed E-state index contributed by atoms with van der Waals surface area (Å²) in [6.45, 7) is 3.03. The van der Waals surface area contributed by atoms with Crippen molar-refractivity contribution in [3.05, 3.63) is 70.3 Å². The maximum atomic E-state index is 12.2. The molecule has 0 saturated carbocycles. The summed E-state index contributed by atoms with van der Waals surface area (Å²) < 4.78 is 0. The van der Waals surface area contributed by atoms with Gasteiger partial charge in [-0.1, -0.05) is 0 Å². The van der Waals surface area contributed by atoms with Gasteiger partial charge in [-0.3, -0.25) is 14.4 Å². The summed E-state index contributed by atoms with van der Waals surface area (Å²) in [7, 11) is 0. The standard InChI is InChI=1S/C24H25N7O3/c1-15-2-3-16-5-8-19(30-23(16)27-15)29-22(34)11-13-25-12-10-20(32)26-14-18-7-4-17-6-9-21(33)31-24(17)28-18/h2-9,25H,10-14H2,1H3,(H,26,32)(H,28,31,33)(H,27,29,30,34). The van der Waals surface area contributed by atoms with Crippen LogP contribution in [0.5, 0.6) is 0 Å².